The zero-order valence-corrected chi connectivity index (χ0v) is 17.8. The summed E-state index contributed by atoms with van der Waals surface area (Å²) in [6.07, 6.45) is 0. The predicted molar refractivity (Wildman–Crippen MR) is 115 cm³/mol. The molecule has 4 rings (SSSR count). The van der Waals surface area contributed by atoms with Crippen LogP contribution in [0.15, 0.2) is 48.5 Å². The Morgan fingerprint density at radius 1 is 1.03 bits per heavy atom. The van der Waals surface area contributed by atoms with E-state index in [0.717, 1.165) is 12.5 Å². The van der Waals surface area contributed by atoms with Crippen molar-refractivity contribution in [3.05, 3.63) is 59.4 Å². The van der Waals surface area contributed by atoms with Crippen molar-refractivity contribution in [1.29, 1.82) is 0 Å². The number of methoxy groups -OCH3 is 1. The number of rotatable bonds is 6. The molecule has 0 spiro atoms. The van der Waals surface area contributed by atoms with Gasteiger partial charge in [0.25, 0.3) is 5.92 Å². The van der Waals surface area contributed by atoms with Crippen LogP contribution in [0.25, 0.3) is 28.0 Å². The van der Waals surface area contributed by atoms with Crippen LogP contribution < -0.4 is 9.47 Å². The molecule has 4 aromatic rings. The lowest BCUT2D eigenvalue weighted by molar-refractivity contribution is -0.0238. The lowest BCUT2D eigenvalue weighted by Crippen LogP contribution is -2.21. The van der Waals surface area contributed by atoms with Crippen LogP contribution in [0.1, 0.15) is 12.7 Å². The molecule has 0 aliphatic heterocycles. The molecule has 0 saturated carbocycles. The summed E-state index contributed by atoms with van der Waals surface area (Å²) in [5.41, 5.74) is 2.75. The van der Waals surface area contributed by atoms with Crippen molar-refractivity contribution >= 4 is 22.6 Å². The first kappa shape index (κ1) is 21.0. The maximum atomic E-state index is 13.4. The van der Waals surface area contributed by atoms with E-state index in [1.807, 2.05) is 42.5 Å². The Labute approximate surface area is 182 Å². The van der Waals surface area contributed by atoms with Crippen molar-refractivity contribution in [2.75, 3.05) is 13.7 Å². The number of alkyl halides is 2. The number of aryl methyl sites for hydroxylation is 1. The zero-order chi connectivity index (χ0) is 22.2. The van der Waals surface area contributed by atoms with E-state index in [4.69, 9.17) is 21.1 Å². The zero-order valence-electron chi connectivity index (χ0n) is 17.1. The molecule has 160 valence electrons. The molecule has 0 N–H and O–H groups in total. The molecule has 0 fully saturated rings. The summed E-state index contributed by atoms with van der Waals surface area (Å²) < 4.78 is 39.1. The third-order valence-corrected chi connectivity index (χ3v) is 4.83. The third-order valence-electron chi connectivity index (χ3n) is 4.51. The second-order valence-corrected chi connectivity index (χ2v) is 7.48. The van der Waals surface area contributed by atoms with Crippen molar-refractivity contribution in [2.24, 2.45) is 0 Å². The summed E-state index contributed by atoms with van der Waals surface area (Å²) in [5, 5.41) is 5.08. The molecular formula is C22H19ClF2N4O2. The van der Waals surface area contributed by atoms with E-state index >= 15 is 0 Å². The molecule has 0 amide bonds. The Hall–Kier alpha value is -3.26. The predicted octanol–water partition coefficient (Wildman–Crippen LogP) is 5.49. The fourth-order valence-corrected chi connectivity index (χ4v) is 3.36. The molecule has 2 aromatic heterocycles. The fraction of sp³-hybridized carbons (Fsp3) is 0.227. The maximum Gasteiger partial charge on any atom is 0.278 e. The maximum absolute atomic E-state index is 13.4. The topological polar surface area (TPSA) is 62.1 Å². The van der Waals surface area contributed by atoms with Crippen LogP contribution in [0, 0.1) is 6.92 Å². The van der Waals surface area contributed by atoms with Crippen LogP contribution in [0.2, 0.25) is 5.02 Å². The second-order valence-electron chi connectivity index (χ2n) is 7.07. The summed E-state index contributed by atoms with van der Waals surface area (Å²) in [6, 6.07) is 14.5. The third kappa shape index (κ3) is 4.29. The molecule has 31 heavy (non-hydrogen) atoms. The van der Waals surface area contributed by atoms with E-state index in [0.29, 0.717) is 33.5 Å². The van der Waals surface area contributed by atoms with Gasteiger partial charge in [-0.2, -0.15) is 10.1 Å². The SMILES string of the molecule is COc1ccc(-c2c3nc(C)nc(OCC(C)(F)F)c3nn2-c2ccccc2Cl)cc1. The standard InChI is InChI=1S/C22H19ClF2N4O2/c1-13-26-18-19(21(27-13)31-12-22(2,24)25)28-29(17-7-5-4-6-16(17)23)20(18)14-8-10-15(30-3)11-9-14/h4-11H,12H2,1-3H3. The largest absolute Gasteiger partial charge is 0.497 e. The van der Waals surface area contributed by atoms with Crippen molar-refractivity contribution in [1.82, 2.24) is 19.7 Å². The molecule has 2 heterocycles. The summed E-state index contributed by atoms with van der Waals surface area (Å²) in [5.74, 6) is -1.97. The van der Waals surface area contributed by atoms with E-state index in [1.165, 1.54) is 0 Å². The van der Waals surface area contributed by atoms with Gasteiger partial charge in [0, 0.05) is 12.5 Å². The van der Waals surface area contributed by atoms with Crippen LogP contribution >= 0.6 is 11.6 Å². The summed E-state index contributed by atoms with van der Waals surface area (Å²) in [4.78, 5) is 8.74. The molecule has 9 heteroatoms. The summed E-state index contributed by atoms with van der Waals surface area (Å²) in [6.45, 7) is 1.62. The summed E-state index contributed by atoms with van der Waals surface area (Å²) >= 11 is 6.44. The number of hydrogen-bond donors (Lipinski definition) is 0. The monoisotopic (exact) mass is 444 g/mol. The molecule has 0 aliphatic rings. The van der Waals surface area contributed by atoms with Crippen molar-refractivity contribution in [3.63, 3.8) is 0 Å². The quantitative estimate of drug-likeness (QED) is 0.393. The van der Waals surface area contributed by atoms with Gasteiger partial charge >= 0.3 is 0 Å². The first-order chi connectivity index (χ1) is 14.8. The number of fused-ring (bicyclic) bond motifs is 1. The van der Waals surface area contributed by atoms with Gasteiger partial charge in [0.05, 0.1) is 17.8 Å². The van der Waals surface area contributed by atoms with Crippen molar-refractivity contribution in [3.8, 4) is 28.6 Å². The normalized spacial score (nSPS) is 11.7. The fourth-order valence-electron chi connectivity index (χ4n) is 3.15. The molecule has 0 aliphatic carbocycles. The Morgan fingerprint density at radius 3 is 2.39 bits per heavy atom. The highest BCUT2D eigenvalue weighted by Gasteiger charge is 2.26. The van der Waals surface area contributed by atoms with Crippen LogP contribution in [-0.2, 0) is 0 Å². The van der Waals surface area contributed by atoms with Gasteiger partial charge in [-0.25, -0.2) is 18.4 Å². The molecule has 2 aromatic carbocycles. The number of aromatic nitrogens is 4. The minimum absolute atomic E-state index is 0.00964. The highest BCUT2D eigenvalue weighted by Crippen LogP contribution is 2.36. The van der Waals surface area contributed by atoms with Crippen LogP contribution in [-0.4, -0.2) is 39.4 Å². The highest BCUT2D eigenvalue weighted by molar-refractivity contribution is 6.32. The lowest BCUT2D eigenvalue weighted by atomic mass is 10.1. The van der Waals surface area contributed by atoms with Gasteiger partial charge in [-0.1, -0.05) is 23.7 Å². The van der Waals surface area contributed by atoms with Gasteiger partial charge in [-0.15, -0.1) is 0 Å². The molecule has 0 bridgehead atoms. The number of para-hydroxylation sites is 1. The van der Waals surface area contributed by atoms with E-state index in [9.17, 15) is 8.78 Å². The van der Waals surface area contributed by atoms with Crippen molar-refractivity contribution < 1.29 is 18.3 Å². The number of nitrogens with zero attached hydrogens (tertiary/aromatic N) is 4. The van der Waals surface area contributed by atoms with Crippen molar-refractivity contribution in [2.45, 2.75) is 19.8 Å². The average molecular weight is 445 g/mol. The van der Waals surface area contributed by atoms with E-state index in [1.54, 1.807) is 24.8 Å². The Morgan fingerprint density at radius 2 is 1.74 bits per heavy atom. The molecule has 0 radical (unpaired) electrons. The molecule has 0 saturated heterocycles. The first-order valence-electron chi connectivity index (χ1n) is 9.44. The van der Waals surface area contributed by atoms with E-state index in [2.05, 4.69) is 15.1 Å². The Balaban J connectivity index is 1.99. The number of hydrogen-bond acceptors (Lipinski definition) is 5. The Bertz CT molecular complexity index is 1240. The average Bonchev–Trinajstić information content (AvgIpc) is 3.11. The number of benzene rings is 2. The molecule has 0 atom stereocenters. The van der Waals surface area contributed by atoms with Gasteiger partial charge in [-0.3, -0.25) is 0 Å². The number of halogens is 3. The van der Waals surface area contributed by atoms with Gasteiger partial charge in [0.15, 0.2) is 12.1 Å². The van der Waals surface area contributed by atoms with Gasteiger partial charge in [0.2, 0.25) is 5.88 Å². The van der Waals surface area contributed by atoms with Gasteiger partial charge in [0.1, 0.15) is 22.8 Å². The van der Waals surface area contributed by atoms with E-state index in [-0.39, 0.29) is 11.4 Å². The highest BCUT2D eigenvalue weighted by atomic mass is 35.5. The molecular weight excluding hydrogens is 426 g/mol. The van der Waals surface area contributed by atoms with Gasteiger partial charge < -0.3 is 9.47 Å². The second kappa shape index (κ2) is 8.11. The first-order valence-corrected chi connectivity index (χ1v) is 9.82. The summed E-state index contributed by atoms with van der Waals surface area (Å²) in [7, 11) is 1.59. The van der Waals surface area contributed by atoms with Crippen LogP contribution in [0.5, 0.6) is 11.6 Å². The van der Waals surface area contributed by atoms with Crippen LogP contribution in [0.4, 0.5) is 8.78 Å². The smallest absolute Gasteiger partial charge is 0.278 e. The van der Waals surface area contributed by atoms with E-state index < -0.39 is 12.5 Å². The Kier molecular flexibility index (Phi) is 5.49. The molecule has 0 unspecified atom stereocenters. The van der Waals surface area contributed by atoms with Crippen LogP contribution in [0.3, 0.4) is 0 Å². The minimum Gasteiger partial charge on any atom is -0.497 e. The van der Waals surface area contributed by atoms with Gasteiger partial charge in [-0.05, 0) is 43.3 Å². The minimum atomic E-state index is -3.02. The lowest BCUT2D eigenvalue weighted by Gasteiger charge is -2.11. The molecule has 6 nitrogen and oxygen atoms in total. The number of ether oxygens (including phenoxy) is 2.